The number of rotatable bonds is 3. The Bertz CT molecular complexity index is 831. The predicted molar refractivity (Wildman–Crippen MR) is 89.3 cm³/mol. The molecule has 0 radical (unpaired) electrons. The van der Waals surface area contributed by atoms with Crippen molar-refractivity contribution in [2.45, 2.75) is 32.7 Å². The summed E-state index contributed by atoms with van der Waals surface area (Å²) in [6, 6.07) is 9.62. The number of nitrogens with one attached hydrogen (secondary N) is 1. The summed E-state index contributed by atoms with van der Waals surface area (Å²) < 4.78 is 1.76. The minimum Gasteiger partial charge on any atom is -0.347 e. The lowest BCUT2D eigenvalue weighted by Crippen LogP contribution is -2.26. The van der Waals surface area contributed by atoms with Gasteiger partial charge in [0.15, 0.2) is 0 Å². The van der Waals surface area contributed by atoms with Crippen molar-refractivity contribution in [1.82, 2.24) is 19.9 Å². The second-order valence-electron chi connectivity index (χ2n) is 6.58. The number of fused-ring (bicyclic) bond motifs is 1. The van der Waals surface area contributed by atoms with Gasteiger partial charge in [-0.2, -0.15) is 5.10 Å². The molecule has 0 atom stereocenters. The van der Waals surface area contributed by atoms with Crippen LogP contribution in [-0.4, -0.2) is 20.5 Å². The van der Waals surface area contributed by atoms with Crippen molar-refractivity contribution < 1.29 is 4.79 Å². The molecule has 0 unspecified atom stereocenters. The SMILES string of the molecule is CC(C)(C)c1cc(C(=O)NCc2cccnc2)nn2cccc12. The Morgan fingerprint density at radius 2 is 2.09 bits per heavy atom. The number of carbonyl (C=O) groups excluding carboxylic acids is 1. The van der Waals surface area contributed by atoms with Crippen LogP contribution in [0.15, 0.2) is 48.9 Å². The van der Waals surface area contributed by atoms with Gasteiger partial charge in [-0.05, 0) is 40.8 Å². The molecule has 3 aromatic heterocycles. The van der Waals surface area contributed by atoms with E-state index >= 15 is 0 Å². The van der Waals surface area contributed by atoms with Crippen LogP contribution in [0, 0.1) is 0 Å². The fraction of sp³-hybridized carbons (Fsp3) is 0.278. The summed E-state index contributed by atoms with van der Waals surface area (Å²) in [6.07, 6.45) is 5.31. The van der Waals surface area contributed by atoms with Gasteiger partial charge in [-0.15, -0.1) is 0 Å². The lowest BCUT2D eigenvalue weighted by atomic mass is 9.86. The Morgan fingerprint density at radius 1 is 1.26 bits per heavy atom. The summed E-state index contributed by atoms with van der Waals surface area (Å²) in [6.45, 7) is 6.83. The number of aromatic nitrogens is 3. The zero-order valence-electron chi connectivity index (χ0n) is 13.6. The van der Waals surface area contributed by atoms with Gasteiger partial charge in [0.05, 0.1) is 5.52 Å². The summed E-state index contributed by atoms with van der Waals surface area (Å²) in [4.78, 5) is 16.5. The van der Waals surface area contributed by atoms with Crippen LogP contribution < -0.4 is 5.32 Å². The van der Waals surface area contributed by atoms with Gasteiger partial charge < -0.3 is 5.32 Å². The predicted octanol–water partition coefficient (Wildman–Crippen LogP) is 2.96. The molecule has 0 aliphatic rings. The van der Waals surface area contributed by atoms with Gasteiger partial charge in [0.25, 0.3) is 5.91 Å². The Labute approximate surface area is 135 Å². The van der Waals surface area contributed by atoms with Crippen molar-refractivity contribution in [3.05, 3.63) is 65.7 Å². The monoisotopic (exact) mass is 308 g/mol. The van der Waals surface area contributed by atoms with Crippen LogP contribution in [0.1, 0.15) is 42.4 Å². The van der Waals surface area contributed by atoms with Gasteiger partial charge in [-0.25, -0.2) is 4.52 Å². The topological polar surface area (TPSA) is 59.3 Å². The normalized spacial score (nSPS) is 11.6. The number of amides is 1. The standard InChI is InChI=1S/C18H20N4O/c1-18(2,3)14-10-15(21-22-9-5-7-16(14)22)17(23)20-12-13-6-4-8-19-11-13/h4-11H,12H2,1-3H3,(H,20,23). The minimum absolute atomic E-state index is 0.0685. The van der Waals surface area contributed by atoms with Crippen LogP contribution in [0.25, 0.3) is 5.52 Å². The van der Waals surface area contributed by atoms with Crippen molar-refractivity contribution >= 4 is 11.4 Å². The number of nitrogens with zero attached hydrogens (tertiary/aromatic N) is 3. The Kier molecular flexibility index (Phi) is 3.86. The lowest BCUT2D eigenvalue weighted by Gasteiger charge is -2.21. The third-order valence-electron chi connectivity index (χ3n) is 3.72. The van der Waals surface area contributed by atoms with E-state index in [4.69, 9.17) is 0 Å². The fourth-order valence-electron chi connectivity index (χ4n) is 2.52. The van der Waals surface area contributed by atoms with E-state index in [0.717, 1.165) is 16.6 Å². The molecule has 0 saturated carbocycles. The van der Waals surface area contributed by atoms with E-state index in [2.05, 4.69) is 36.2 Å². The third-order valence-corrected chi connectivity index (χ3v) is 3.72. The molecule has 5 heteroatoms. The first-order valence-corrected chi connectivity index (χ1v) is 7.61. The zero-order chi connectivity index (χ0) is 16.4. The number of hydrogen-bond acceptors (Lipinski definition) is 3. The van der Waals surface area contributed by atoms with E-state index in [0.29, 0.717) is 12.2 Å². The van der Waals surface area contributed by atoms with Gasteiger partial charge >= 0.3 is 0 Å². The van der Waals surface area contributed by atoms with Crippen LogP contribution in [-0.2, 0) is 12.0 Å². The van der Waals surface area contributed by atoms with E-state index in [-0.39, 0.29) is 11.3 Å². The Hall–Kier alpha value is -2.69. The first-order chi connectivity index (χ1) is 10.9. The molecule has 0 aromatic carbocycles. The van der Waals surface area contributed by atoms with E-state index in [9.17, 15) is 4.79 Å². The Morgan fingerprint density at radius 3 is 2.78 bits per heavy atom. The summed E-state index contributed by atoms with van der Waals surface area (Å²) in [7, 11) is 0. The van der Waals surface area contributed by atoms with E-state index in [1.165, 1.54) is 0 Å². The molecule has 1 amide bonds. The van der Waals surface area contributed by atoms with Crippen LogP contribution in [0.2, 0.25) is 0 Å². The molecule has 5 nitrogen and oxygen atoms in total. The highest BCUT2D eigenvalue weighted by Gasteiger charge is 2.21. The van der Waals surface area contributed by atoms with E-state index in [1.54, 1.807) is 16.9 Å². The highest BCUT2D eigenvalue weighted by molar-refractivity contribution is 5.92. The van der Waals surface area contributed by atoms with Crippen LogP contribution in [0.5, 0.6) is 0 Å². The highest BCUT2D eigenvalue weighted by Crippen LogP contribution is 2.27. The van der Waals surface area contributed by atoms with Crippen LogP contribution in [0.4, 0.5) is 0 Å². The summed E-state index contributed by atoms with van der Waals surface area (Å²) >= 11 is 0. The van der Waals surface area contributed by atoms with Crippen molar-refractivity contribution in [3.63, 3.8) is 0 Å². The second kappa shape index (κ2) is 5.83. The average molecular weight is 308 g/mol. The van der Waals surface area contributed by atoms with Gasteiger partial charge in [-0.3, -0.25) is 9.78 Å². The summed E-state index contributed by atoms with van der Waals surface area (Å²) in [5.74, 6) is -0.185. The number of hydrogen-bond donors (Lipinski definition) is 1. The third kappa shape index (κ3) is 3.23. The molecular formula is C18H20N4O. The van der Waals surface area contributed by atoms with Gasteiger partial charge in [-0.1, -0.05) is 26.8 Å². The van der Waals surface area contributed by atoms with E-state index < -0.39 is 0 Å². The molecule has 3 aromatic rings. The quantitative estimate of drug-likeness (QED) is 0.809. The van der Waals surface area contributed by atoms with Crippen molar-refractivity contribution in [2.75, 3.05) is 0 Å². The van der Waals surface area contributed by atoms with Gasteiger partial charge in [0, 0.05) is 25.1 Å². The maximum atomic E-state index is 12.5. The molecule has 3 rings (SSSR count). The van der Waals surface area contributed by atoms with E-state index in [1.807, 2.05) is 36.5 Å². The Balaban J connectivity index is 1.88. The molecule has 0 spiro atoms. The first-order valence-electron chi connectivity index (χ1n) is 7.61. The van der Waals surface area contributed by atoms with Crippen LogP contribution >= 0.6 is 0 Å². The molecular weight excluding hydrogens is 288 g/mol. The van der Waals surface area contributed by atoms with Crippen molar-refractivity contribution in [3.8, 4) is 0 Å². The maximum absolute atomic E-state index is 12.5. The summed E-state index contributed by atoms with van der Waals surface area (Å²) in [5.41, 5.74) is 3.44. The van der Waals surface area contributed by atoms with Gasteiger partial charge in [0.2, 0.25) is 0 Å². The molecule has 0 bridgehead atoms. The molecule has 0 aliphatic carbocycles. The van der Waals surface area contributed by atoms with Gasteiger partial charge in [0.1, 0.15) is 5.69 Å². The largest absolute Gasteiger partial charge is 0.347 e. The lowest BCUT2D eigenvalue weighted by molar-refractivity contribution is 0.0944. The van der Waals surface area contributed by atoms with Crippen molar-refractivity contribution in [1.29, 1.82) is 0 Å². The number of pyridine rings is 1. The summed E-state index contributed by atoms with van der Waals surface area (Å²) in [5, 5.41) is 7.31. The molecule has 0 aliphatic heterocycles. The molecule has 118 valence electrons. The fourth-order valence-corrected chi connectivity index (χ4v) is 2.52. The smallest absolute Gasteiger partial charge is 0.272 e. The molecule has 23 heavy (non-hydrogen) atoms. The minimum atomic E-state index is -0.185. The van der Waals surface area contributed by atoms with Crippen LogP contribution in [0.3, 0.4) is 0 Å². The molecule has 3 heterocycles. The number of carbonyl (C=O) groups is 1. The molecule has 0 saturated heterocycles. The highest BCUT2D eigenvalue weighted by atomic mass is 16.1. The molecule has 1 N–H and O–H groups in total. The molecule has 0 fully saturated rings. The van der Waals surface area contributed by atoms with Crippen molar-refractivity contribution in [2.24, 2.45) is 0 Å². The second-order valence-corrected chi connectivity index (χ2v) is 6.58. The zero-order valence-corrected chi connectivity index (χ0v) is 13.6. The maximum Gasteiger partial charge on any atom is 0.272 e. The average Bonchev–Trinajstić information content (AvgIpc) is 3.00. The first kappa shape index (κ1) is 15.2.